The molecule has 0 N–H and O–H groups in total. The van der Waals surface area contributed by atoms with Gasteiger partial charge in [0.05, 0.1) is 11.0 Å². The normalized spacial score (nSPS) is 11.8. The topological polar surface area (TPSA) is 21.3 Å². The molecule has 0 spiro atoms. The number of aryl methyl sites for hydroxylation is 2. The van der Waals surface area contributed by atoms with E-state index in [1.807, 2.05) is 0 Å². The van der Waals surface area contributed by atoms with Crippen LogP contribution in [-0.2, 0) is 13.1 Å². The minimum Gasteiger partial charge on any atom is -0.341 e. The van der Waals surface area contributed by atoms with Crippen molar-refractivity contribution in [1.82, 2.24) is 13.7 Å². The highest BCUT2D eigenvalue weighted by molar-refractivity contribution is 6.14. The molecule has 3 heterocycles. The van der Waals surface area contributed by atoms with E-state index in [9.17, 15) is 0 Å². The molecule has 0 aliphatic heterocycles. The minimum absolute atomic E-state index is 0.912. The molecule has 9 aromatic carbocycles. The average molecular weight is 812 g/mol. The van der Waals surface area contributed by atoms with Gasteiger partial charge in [0.25, 0.3) is 0 Å². The van der Waals surface area contributed by atoms with Gasteiger partial charge < -0.3 is 23.5 Å². The molecule has 0 aliphatic rings. The van der Waals surface area contributed by atoms with Crippen LogP contribution in [0.4, 0.5) is 34.1 Å². The van der Waals surface area contributed by atoms with E-state index in [1.165, 1.54) is 54.4 Å². The Bertz CT molecular complexity index is 3430. The fourth-order valence-electron chi connectivity index (χ4n) is 10.2. The maximum atomic E-state index is 2.42. The molecule has 0 unspecified atom stereocenters. The molecule has 5 heteroatoms. The largest absolute Gasteiger partial charge is 0.341 e. The van der Waals surface area contributed by atoms with Gasteiger partial charge in [0, 0.05) is 107 Å². The smallest absolute Gasteiger partial charge is 0.0542 e. The van der Waals surface area contributed by atoms with Crippen LogP contribution in [-0.4, -0.2) is 13.7 Å². The second kappa shape index (κ2) is 14.9. The van der Waals surface area contributed by atoms with Crippen LogP contribution in [0.3, 0.4) is 0 Å². The van der Waals surface area contributed by atoms with E-state index in [2.05, 4.69) is 250 Å². The first-order valence-corrected chi connectivity index (χ1v) is 22.0. The molecule has 0 fully saturated rings. The van der Waals surface area contributed by atoms with Crippen LogP contribution in [0.25, 0.3) is 71.1 Å². The molecule has 0 bridgehead atoms. The molecule has 0 radical (unpaired) electrons. The molecule has 12 rings (SSSR count). The van der Waals surface area contributed by atoms with Crippen molar-refractivity contribution in [3.8, 4) is 5.69 Å². The van der Waals surface area contributed by atoms with Crippen LogP contribution < -0.4 is 9.80 Å². The SMILES string of the molecule is CCn1c2ccccc2c2cc(N(c3ccccc3)c3ccc4c(c3)c3cc(N(c5ccccc5)c5ccc6c(c5)c5ccccc5n6CC)ccc3n4-c3ccccc3)ccc21. The summed E-state index contributed by atoms with van der Waals surface area (Å²) in [6, 6.07) is 77.7. The first-order chi connectivity index (χ1) is 31.2. The standard InChI is InChI=1S/C58H45N5/c1-3-59-53-26-16-14-24-47(53)49-36-43(28-32-55(49)59)61(40-18-8-5-9-19-40)45-30-34-57-51(38-45)52-39-46(31-35-58(52)63(57)42-22-12-7-13-23-42)62(41-20-10-6-11-21-41)44-29-33-56-50(37-44)48-25-15-17-27-54(48)60(56)4-2/h5-39H,3-4H2,1-2H3. The summed E-state index contributed by atoms with van der Waals surface area (Å²) in [7, 11) is 0. The lowest BCUT2D eigenvalue weighted by molar-refractivity contribution is 0.827. The molecule has 0 saturated carbocycles. The number of fused-ring (bicyclic) bond motifs is 9. The number of benzene rings is 9. The fourth-order valence-corrected chi connectivity index (χ4v) is 10.2. The third-order valence-electron chi connectivity index (χ3n) is 13.0. The van der Waals surface area contributed by atoms with Crippen molar-refractivity contribution in [2.75, 3.05) is 9.80 Å². The molecule has 0 amide bonds. The minimum atomic E-state index is 0.912. The molecule has 0 saturated heterocycles. The zero-order valence-corrected chi connectivity index (χ0v) is 35.4. The van der Waals surface area contributed by atoms with Crippen molar-refractivity contribution in [3.63, 3.8) is 0 Å². The van der Waals surface area contributed by atoms with Crippen LogP contribution in [0, 0.1) is 0 Å². The average Bonchev–Trinajstić information content (AvgIpc) is 3.97. The van der Waals surface area contributed by atoms with E-state index in [0.29, 0.717) is 0 Å². The van der Waals surface area contributed by atoms with Crippen LogP contribution in [0.15, 0.2) is 212 Å². The Morgan fingerprint density at radius 1 is 0.286 bits per heavy atom. The van der Waals surface area contributed by atoms with Gasteiger partial charge in [-0.2, -0.15) is 0 Å². The lowest BCUT2D eigenvalue weighted by atomic mass is 10.1. The Balaban J connectivity index is 1.09. The van der Waals surface area contributed by atoms with E-state index >= 15 is 0 Å². The monoisotopic (exact) mass is 811 g/mol. The maximum Gasteiger partial charge on any atom is 0.0542 e. The van der Waals surface area contributed by atoms with Crippen LogP contribution >= 0.6 is 0 Å². The highest BCUT2D eigenvalue weighted by Gasteiger charge is 2.22. The van der Waals surface area contributed by atoms with Crippen molar-refractivity contribution in [2.24, 2.45) is 0 Å². The summed E-state index contributed by atoms with van der Waals surface area (Å²) in [5, 5.41) is 7.44. The zero-order valence-electron chi connectivity index (χ0n) is 35.4. The first-order valence-electron chi connectivity index (χ1n) is 22.0. The summed E-state index contributed by atoms with van der Waals surface area (Å²) in [5.41, 5.74) is 15.1. The van der Waals surface area contributed by atoms with E-state index in [1.54, 1.807) is 0 Å². The van der Waals surface area contributed by atoms with E-state index in [0.717, 1.165) is 63.9 Å². The van der Waals surface area contributed by atoms with Gasteiger partial charge in [-0.15, -0.1) is 0 Å². The van der Waals surface area contributed by atoms with E-state index < -0.39 is 0 Å². The van der Waals surface area contributed by atoms with Gasteiger partial charge in [0.2, 0.25) is 0 Å². The predicted octanol–water partition coefficient (Wildman–Crippen LogP) is 16.0. The summed E-state index contributed by atoms with van der Waals surface area (Å²) in [5.74, 6) is 0. The molecule has 0 atom stereocenters. The summed E-state index contributed by atoms with van der Waals surface area (Å²) in [6.07, 6.45) is 0. The molecule has 3 aromatic heterocycles. The van der Waals surface area contributed by atoms with Crippen molar-refractivity contribution in [2.45, 2.75) is 26.9 Å². The number of rotatable bonds is 9. The molecule has 0 aliphatic carbocycles. The van der Waals surface area contributed by atoms with E-state index in [-0.39, 0.29) is 0 Å². The fraction of sp³-hybridized carbons (Fsp3) is 0.0690. The van der Waals surface area contributed by atoms with Gasteiger partial charge in [-0.05, 0) is 135 Å². The first kappa shape index (κ1) is 36.8. The lowest BCUT2D eigenvalue weighted by Crippen LogP contribution is -2.10. The zero-order chi connectivity index (χ0) is 42.0. The third-order valence-corrected chi connectivity index (χ3v) is 13.0. The lowest BCUT2D eigenvalue weighted by Gasteiger charge is -2.26. The van der Waals surface area contributed by atoms with Gasteiger partial charge >= 0.3 is 0 Å². The number of aromatic nitrogens is 3. The molecule has 63 heavy (non-hydrogen) atoms. The molecular weight excluding hydrogens is 767 g/mol. The highest BCUT2D eigenvalue weighted by Crippen LogP contribution is 2.45. The van der Waals surface area contributed by atoms with Crippen molar-refractivity contribution < 1.29 is 0 Å². The van der Waals surface area contributed by atoms with Gasteiger partial charge in [-0.25, -0.2) is 0 Å². The van der Waals surface area contributed by atoms with Crippen molar-refractivity contribution >= 4 is 99.5 Å². The number of para-hydroxylation sites is 5. The van der Waals surface area contributed by atoms with Gasteiger partial charge in [-0.3, -0.25) is 0 Å². The van der Waals surface area contributed by atoms with Gasteiger partial charge in [-0.1, -0.05) is 91.0 Å². The van der Waals surface area contributed by atoms with E-state index in [4.69, 9.17) is 0 Å². The summed E-state index contributed by atoms with van der Waals surface area (Å²) < 4.78 is 7.25. The number of hydrogen-bond donors (Lipinski definition) is 0. The van der Waals surface area contributed by atoms with Crippen LogP contribution in [0.5, 0.6) is 0 Å². The number of hydrogen-bond acceptors (Lipinski definition) is 2. The summed E-state index contributed by atoms with van der Waals surface area (Å²) in [4.78, 5) is 4.81. The van der Waals surface area contributed by atoms with Gasteiger partial charge in [0.1, 0.15) is 0 Å². The Labute approximate surface area is 366 Å². The quantitative estimate of drug-likeness (QED) is 0.145. The van der Waals surface area contributed by atoms with Crippen molar-refractivity contribution in [1.29, 1.82) is 0 Å². The third kappa shape index (κ3) is 5.84. The maximum absolute atomic E-state index is 2.42. The Hall–Kier alpha value is -8.02. The summed E-state index contributed by atoms with van der Waals surface area (Å²) in [6.45, 7) is 6.28. The molecule has 12 aromatic rings. The molecule has 302 valence electrons. The Morgan fingerprint density at radius 2 is 0.603 bits per heavy atom. The summed E-state index contributed by atoms with van der Waals surface area (Å²) >= 11 is 0. The second-order valence-electron chi connectivity index (χ2n) is 16.3. The Morgan fingerprint density at radius 3 is 1.00 bits per heavy atom. The number of nitrogens with zero attached hydrogens (tertiary/aromatic N) is 5. The highest BCUT2D eigenvalue weighted by atomic mass is 15.2. The Kier molecular flexibility index (Phi) is 8.68. The number of anilines is 6. The van der Waals surface area contributed by atoms with Crippen LogP contribution in [0.1, 0.15) is 13.8 Å². The van der Waals surface area contributed by atoms with Crippen LogP contribution in [0.2, 0.25) is 0 Å². The molecular formula is C58H45N5. The van der Waals surface area contributed by atoms with Gasteiger partial charge in [0.15, 0.2) is 0 Å². The molecule has 5 nitrogen and oxygen atoms in total. The second-order valence-corrected chi connectivity index (χ2v) is 16.3. The predicted molar refractivity (Wildman–Crippen MR) is 267 cm³/mol. The van der Waals surface area contributed by atoms with Crippen molar-refractivity contribution in [3.05, 3.63) is 212 Å².